The zero-order valence-electron chi connectivity index (χ0n) is 17.7. The number of aryl methyl sites for hydroxylation is 1. The Morgan fingerprint density at radius 2 is 2.06 bits per heavy atom. The topological polar surface area (TPSA) is 109 Å². The number of rotatable bonds is 7. The van der Waals surface area contributed by atoms with Gasteiger partial charge in [0.25, 0.3) is 0 Å². The molecule has 7 nitrogen and oxygen atoms in total. The highest BCUT2D eigenvalue weighted by Crippen LogP contribution is 2.45. The highest BCUT2D eigenvalue weighted by Gasteiger charge is 2.35. The largest absolute Gasteiger partial charge is 0.611 e. The number of aliphatic hydroxyl groups excluding tert-OH is 1. The number of hydrogen-bond acceptors (Lipinski definition) is 7. The number of benzene rings is 1. The number of nitrogens with zero attached hydrogens (tertiary/aromatic N) is 3. The van der Waals surface area contributed by atoms with E-state index in [-0.39, 0.29) is 18.5 Å². The van der Waals surface area contributed by atoms with E-state index < -0.39 is 11.2 Å². The van der Waals surface area contributed by atoms with Gasteiger partial charge in [-0.1, -0.05) is 11.3 Å². The lowest BCUT2D eigenvalue weighted by Gasteiger charge is -2.27. The van der Waals surface area contributed by atoms with Crippen LogP contribution in [-0.4, -0.2) is 42.9 Å². The van der Waals surface area contributed by atoms with E-state index in [1.54, 1.807) is 4.68 Å². The van der Waals surface area contributed by atoms with E-state index in [1.165, 1.54) is 11.3 Å². The smallest absolute Gasteiger partial charge is 0.232 e. The van der Waals surface area contributed by atoms with E-state index in [4.69, 9.17) is 20.6 Å². The molecule has 1 saturated carbocycles. The fourth-order valence-corrected chi connectivity index (χ4v) is 7.02. The molecule has 0 amide bonds. The van der Waals surface area contributed by atoms with Crippen molar-refractivity contribution in [3.63, 3.8) is 0 Å². The molecule has 4 aromatic rings. The maximum Gasteiger partial charge on any atom is 0.232 e. The summed E-state index contributed by atoms with van der Waals surface area (Å²) in [7, 11) is 1.88. The molecule has 32 heavy (non-hydrogen) atoms. The third-order valence-corrected chi connectivity index (χ3v) is 9.03. The van der Waals surface area contributed by atoms with Gasteiger partial charge >= 0.3 is 0 Å². The van der Waals surface area contributed by atoms with Crippen LogP contribution in [0.3, 0.4) is 0 Å². The fourth-order valence-electron chi connectivity index (χ4n) is 3.81. The van der Waals surface area contributed by atoms with Gasteiger partial charge in [-0.25, -0.2) is 4.98 Å². The number of nitrogens with two attached hydrogens (primary N) is 1. The molecule has 1 fully saturated rings. The molecule has 3 heterocycles. The van der Waals surface area contributed by atoms with Crippen LogP contribution in [0, 0.1) is 0 Å². The van der Waals surface area contributed by atoms with Gasteiger partial charge in [-0.2, -0.15) is 5.10 Å². The van der Waals surface area contributed by atoms with Crippen LogP contribution in [0.15, 0.2) is 46.9 Å². The maximum atomic E-state index is 13.1. The molecule has 9 heteroatoms. The first-order valence-electron chi connectivity index (χ1n) is 10.5. The van der Waals surface area contributed by atoms with Gasteiger partial charge in [0.05, 0.1) is 18.5 Å². The minimum absolute atomic E-state index is 0.0290. The number of hydrogen-bond donors (Lipinski definition) is 2. The normalized spacial score (nSPS) is 15.1. The van der Waals surface area contributed by atoms with Crippen LogP contribution in [0.2, 0.25) is 0 Å². The van der Waals surface area contributed by atoms with Gasteiger partial charge < -0.3 is 20.1 Å². The van der Waals surface area contributed by atoms with Crippen molar-refractivity contribution in [1.82, 2.24) is 14.8 Å². The summed E-state index contributed by atoms with van der Waals surface area (Å²) in [5.41, 5.74) is 10.7. The van der Waals surface area contributed by atoms with E-state index in [0.29, 0.717) is 11.4 Å². The summed E-state index contributed by atoms with van der Waals surface area (Å²) in [6, 6.07) is 9.62. The molecular formula is C23H24N4O3S2. The first kappa shape index (κ1) is 21.3. The van der Waals surface area contributed by atoms with Gasteiger partial charge in [0, 0.05) is 40.9 Å². The summed E-state index contributed by atoms with van der Waals surface area (Å²) in [5.74, 6) is 0.690. The van der Waals surface area contributed by atoms with Crippen molar-refractivity contribution in [3.8, 4) is 28.1 Å². The number of thiophene rings is 1. The van der Waals surface area contributed by atoms with Gasteiger partial charge in [-0.3, -0.25) is 4.68 Å². The number of anilines is 1. The first-order chi connectivity index (χ1) is 15.5. The lowest BCUT2D eigenvalue weighted by molar-refractivity contribution is 0.201. The molecule has 3 N–H and O–H groups in total. The molecule has 5 rings (SSSR count). The van der Waals surface area contributed by atoms with Crippen molar-refractivity contribution in [2.75, 3.05) is 18.9 Å². The van der Waals surface area contributed by atoms with Crippen molar-refractivity contribution >= 4 is 38.4 Å². The molecule has 3 aromatic heterocycles. The molecule has 0 bridgehead atoms. The highest BCUT2D eigenvalue weighted by molar-refractivity contribution is 7.94. The summed E-state index contributed by atoms with van der Waals surface area (Å²) in [6.07, 6.45) is 6.86. The number of pyridine rings is 1. The lowest BCUT2D eigenvalue weighted by Crippen LogP contribution is -2.28. The lowest BCUT2D eigenvalue weighted by atomic mass is 10.00. The molecule has 1 aliphatic carbocycles. The molecule has 0 saturated heterocycles. The summed E-state index contributed by atoms with van der Waals surface area (Å²) in [4.78, 5) is 5.67. The maximum absolute atomic E-state index is 13.1. The second kappa shape index (κ2) is 8.74. The molecule has 0 spiro atoms. The fraction of sp³-hybridized carbons (Fsp3) is 0.304. The Morgan fingerprint density at radius 3 is 2.69 bits per heavy atom. The Morgan fingerprint density at radius 1 is 1.28 bits per heavy atom. The van der Waals surface area contributed by atoms with Crippen LogP contribution in [0.25, 0.3) is 32.6 Å². The van der Waals surface area contributed by atoms with Crippen LogP contribution in [0.5, 0.6) is 5.75 Å². The number of fused-ring (bicyclic) bond motifs is 1. The van der Waals surface area contributed by atoms with Crippen molar-refractivity contribution in [2.45, 2.75) is 28.7 Å². The van der Waals surface area contributed by atoms with Crippen molar-refractivity contribution in [2.24, 2.45) is 7.05 Å². The monoisotopic (exact) mass is 468 g/mol. The van der Waals surface area contributed by atoms with Crippen LogP contribution in [-0.2, 0) is 18.2 Å². The molecular weight excluding hydrogens is 444 g/mol. The Kier molecular flexibility index (Phi) is 5.81. The molecule has 0 aliphatic heterocycles. The average Bonchev–Trinajstić information content (AvgIpc) is 3.34. The quantitative estimate of drug-likeness (QED) is 0.397. The minimum atomic E-state index is -1.11. The van der Waals surface area contributed by atoms with Crippen molar-refractivity contribution in [1.29, 1.82) is 0 Å². The molecule has 1 aromatic carbocycles. The summed E-state index contributed by atoms with van der Waals surface area (Å²) in [5, 5.41) is 14.3. The van der Waals surface area contributed by atoms with Gasteiger partial charge in [0.1, 0.15) is 28.1 Å². The third kappa shape index (κ3) is 3.86. The molecule has 1 aliphatic rings. The zero-order chi connectivity index (χ0) is 22.2. The van der Waals surface area contributed by atoms with Crippen LogP contribution >= 0.6 is 11.3 Å². The van der Waals surface area contributed by atoms with Gasteiger partial charge in [0.2, 0.25) is 4.21 Å². The van der Waals surface area contributed by atoms with Crippen LogP contribution in [0.4, 0.5) is 5.69 Å². The summed E-state index contributed by atoms with van der Waals surface area (Å²) >= 11 is 0.325. The predicted octanol–water partition coefficient (Wildman–Crippen LogP) is 3.98. The SMILES string of the molecule is Cn1cc(-c2cc(-c3ccc(OCCO)cc3)nc3sc([S+]([O-])C4CCC4)c(N)c23)cn1. The van der Waals surface area contributed by atoms with Gasteiger partial charge in [-0.05, 0) is 55.2 Å². The van der Waals surface area contributed by atoms with Gasteiger partial charge in [-0.15, -0.1) is 0 Å². The molecule has 166 valence electrons. The van der Waals surface area contributed by atoms with Crippen LogP contribution < -0.4 is 10.5 Å². The second-order valence-corrected chi connectivity index (χ2v) is 10.8. The minimum Gasteiger partial charge on any atom is -0.611 e. The highest BCUT2D eigenvalue weighted by atomic mass is 32.2. The Hall–Kier alpha value is -2.59. The van der Waals surface area contributed by atoms with E-state index in [9.17, 15) is 4.55 Å². The predicted molar refractivity (Wildman–Crippen MR) is 128 cm³/mol. The average molecular weight is 469 g/mol. The van der Waals surface area contributed by atoms with E-state index in [1.807, 2.05) is 49.8 Å². The van der Waals surface area contributed by atoms with E-state index >= 15 is 0 Å². The summed E-state index contributed by atoms with van der Waals surface area (Å²) < 4.78 is 21.1. The van der Waals surface area contributed by atoms with E-state index in [2.05, 4.69) is 5.10 Å². The number of aromatic nitrogens is 3. The number of ether oxygens (including phenoxy) is 1. The third-order valence-electron chi connectivity index (χ3n) is 5.73. The van der Waals surface area contributed by atoms with Crippen molar-refractivity contribution < 1.29 is 14.4 Å². The Labute approximate surface area is 193 Å². The van der Waals surface area contributed by atoms with E-state index in [0.717, 1.165) is 56.1 Å². The molecule has 1 atom stereocenters. The first-order valence-corrected chi connectivity index (χ1v) is 12.5. The molecule has 0 radical (unpaired) electrons. The Balaban J connectivity index is 1.63. The Bertz CT molecular complexity index is 1250. The second-order valence-electron chi connectivity index (χ2n) is 7.89. The summed E-state index contributed by atoms with van der Waals surface area (Å²) in [6.45, 7) is 0.225. The number of nitrogen functional groups attached to an aromatic ring is 1. The van der Waals surface area contributed by atoms with Crippen LogP contribution in [0.1, 0.15) is 19.3 Å². The molecule has 1 unspecified atom stereocenters. The standard InChI is InChI=1S/C23H24N4O3S2/c1-27-13-15(12-25-27)18-11-19(14-5-7-16(8-6-14)30-10-9-28)26-22-20(18)21(24)23(31-22)32(29)17-3-2-4-17/h5-8,11-13,17,28H,2-4,9-10,24H2,1H3. The zero-order valence-corrected chi connectivity index (χ0v) is 19.3. The van der Waals surface area contributed by atoms with Crippen molar-refractivity contribution in [3.05, 3.63) is 42.7 Å². The van der Waals surface area contributed by atoms with Gasteiger partial charge in [0.15, 0.2) is 0 Å². The number of aliphatic hydroxyl groups is 1.